The van der Waals surface area contributed by atoms with E-state index >= 15 is 0 Å². The molecule has 0 N–H and O–H groups in total. The molecule has 0 rings (SSSR count). The first-order valence-corrected chi connectivity index (χ1v) is 27.6. The van der Waals surface area contributed by atoms with Crippen LogP contribution in [0.3, 0.4) is 0 Å². The number of hydrogen-bond donors (Lipinski definition) is 0. The summed E-state index contributed by atoms with van der Waals surface area (Å²) in [4.78, 5) is 37.9. The largest absolute Gasteiger partial charge is 0.462 e. The number of carbonyl (C=O) groups excluding carboxylic acids is 3. The van der Waals surface area contributed by atoms with Crippen molar-refractivity contribution in [2.75, 3.05) is 13.2 Å². The molecule has 0 aromatic rings. The highest BCUT2D eigenvalue weighted by molar-refractivity contribution is 5.71. The molecule has 0 aliphatic carbocycles. The van der Waals surface area contributed by atoms with E-state index in [1.165, 1.54) is 96.3 Å². The lowest BCUT2D eigenvalue weighted by molar-refractivity contribution is -0.167. The van der Waals surface area contributed by atoms with Gasteiger partial charge < -0.3 is 14.2 Å². The molecule has 0 aliphatic rings. The number of hydrogen-bond acceptors (Lipinski definition) is 6. The zero-order chi connectivity index (χ0) is 47.9. The number of esters is 3. The third-order valence-electron chi connectivity index (χ3n) is 11.6. The summed E-state index contributed by atoms with van der Waals surface area (Å²) < 4.78 is 16.8. The molecule has 0 fully saturated rings. The van der Waals surface area contributed by atoms with Gasteiger partial charge in [-0.1, -0.05) is 234 Å². The Bertz CT molecular complexity index is 1290. The standard InChI is InChI=1S/C60H102O6/c1-4-7-10-13-16-19-21-23-24-25-26-27-28-29-30-31-32-33-34-35-36-38-39-41-44-47-50-53-59(62)65-56-57(55-64-58(61)52-49-46-43-18-15-12-9-6-3)66-60(63)54-51-48-45-42-40-37-22-20-17-14-11-8-5-2/h7,10-11,14,16,19-20,22-24,26-27,29-30,57H,4-6,8-9,12-13,15,17-18,21,25,28,31-56H2,1-3H3/b10-7-,14-11-,19-16-,22-20-,24-23-,27-26-,30-29-. The molecule has 1 unspecified atom stereocenters. The minimum Gasteiger partial charge on any atom is -0.462 e. The van der Waals surface area contributed by atoms with Crippen molar-refractivity contribution in [2.24, 2.45) is 0 Å². The van der Waals surface area contributed by atoms with E-state index in [1.807, 2.05) is 0 Å². The van der Waals surface area contributed by atoms with Crippen LogP contribution in [0.15, 0.2) is 85.1 Å². The summed E-state index contributed by atoms with van der Waals surface area (Å²) in [5.74, 6) is -0.902. The van der Waals surface area contributed by atoms with Crippen molar-refractivity contribution >= 4 is 17.9 Å². The Hall–Kier alpha value is -3.41. The van der Waals surface area contributed by atoms with Gasteiger partial charge in [-0.05, 0) is 89.9 Å². The highest BCUT2D eigenvalue weighted by Gasteiger charge is 2.19. The van der Waals surface area contributed by atoms with Crippen molar-refractivity contribution in [3.8, 4) is 0 Å². The topological polar surface area (TPSA) is 78.9 Å². The van der Waals surface area contributed by atoms with Gasteiger partial charge in [0.25, 0.3) is 0 Å². The summed E-state index contributed by atoms with van der Waals surface area (Å²) in [6.07, 6.45) is 70.2. The first-order chi connectivity index (χ1) is 32.5. The highest BCUT2D eigenvalue weighted by Crippen LogP contribution is 2.15. The maximum Gasteiger partial charge on any atom is 0.306 e. The molecule has 378 valence electrons. The van der Waals surface area contributed by atoms with Gasteiger partial charge in [0.05, 0.1) is 0 Å². The number of rotatable bonds is 49. The van der Waals surface area contributed by atoms with Crippen molar-refractivity contribution in [3.63, 3.8) is 0 Å². The van der Waals surface area contributed by atoms with Crippen LogP contribution in [0.4, 0.5) is 0 Å². The molecule has 0 heterocycles. The Labute approximate surface area is 407 Å². The molecule has 0 aromatic heterocycles. The smallest absolute Gasteiger partial charge is 0.306 e. The zero-order valence-electron chi connectivity index (χ0n) is 43.2. The fraction of sp³-hybridized carbons (Fsp3) is 0.717. The minimum absolute atomic E-state index is 0.0815. The van der Waals surface area contributed by atoms with Crippen LogP contribution in [0.2, 0.25) is 0 Å². The predicted octanol–water partition coefficient (Wildman–Crippen LogP) is 18.4. The van der Waals surface area contributed by atoms with E-state index in [2.05, 4.69) is 106 Å². The molecule has 0 saturated heterocycles. The molecule has 0 saturated carbocycles. The molecule has 66 heavy (non-hydrogen) atoms. The van der Waals surface area contributed by atoms with Crippen LogP contribution < -0.4 is 0 Å². The summed E-state index contributed by atoms with van der Waals surface area (Å²) in [5.41, 5.74) is 0. The molecule has 6 heteroatoms. The summed E-state index contributed by atoms with van der Waals surface area (Å²) in [6, 6.07) is 0. The summed E-state index contributed by atoms with van der Waals surface area (Å²) in [7, 11) is 0. The first kappa shape index (κ1) is 62.6. The van der Waals surface area contributed by atoms with E-state index in [1.54, 1.807) is 0 Å². The lowest BCUT2D eigenvalue weighted by Crippen LogP contribution is -2.30. The third-order valence-corrected chi connectivity index (χ3v) is 11.6. The van der Waals surface area contributed by atoms with Crippen LogP contribution in [0.1, 0.15) is 258 Å². The van der Waals surface area contributed by atoms with E-state index in [4.69, 9.17) is 14.2 Å². The lowest BCUT2D eigenvalue weighted by atomic mass is 10.0. The van der Waals surface area contributed by atoms with Crippen molar-refractivity contribution in [3.05, 3.63) is 85.1 Å². The Balaban J connectivity index is 4.17. The van der Waals surface area contributed by atoms with Gasteiger partial charge in [0.2, 0.25) is 0 Å². The Morgan fingerprint density at radius 3 is 0.985 bits per heavy atom. The van der Waals surface area contributed by atoms with E-state index in [-0.39, 0.29) is 31.1 Å². The molecule has 0 aliphatic heterocycles. The van der Waals surface area contributed by atoms with E-state index < -0.39 is 6.10 Å². The monoisotopic (exact) mass is 919 g/mol. The second-order valence-electron chi connectivity index (χ2n) is 18.1. The Morgan fingerprint density at radius 2 is 0.621 bits per heavy atom. The number of ether oxygens (including phenoxy) is 3. The molecule has 0 aromatic carbocycles. The number of allylic oxidation sites excluding steroid dienone is 14. The maximum absolute atomic E-state index is 12.8. The van der Waals surface area contributed by atoms with Crippen LogP contribution in [0.25, 0.3) is 0 Å². The predicted molar refractivity (Wildman–Crippen MR) is 284 cm³/mol. The van der Waals surface area contributed by atoms with Gasteiger partial charge in [0.1, 0.15) is 13.2 Å². The van der Waals surface area contributed by atoms with Crippen LogP contribution in [-0.4, -0.2) is 37.2 Å². The number of unbranched alkanes of at least 4 members (excludes halogenated alkanes) is 24. The van der Waals surface area contributed by atoms with Gasteiger partial charge in [-0.2, -0.15) is 0 Å². The Morgan fingerprint density at radius 1 is 0.318 bits per heavy atom. The van der Waals surface area contributed by atoms with Gasteiger partial charge in [-0.25, -0.2) is 0 Å². The number of carbonyl (C=O) groups is 3. The van der Waals surface area contributed by atoms with Crippen LogP contribution in [0.5, 0.6) is 0 Å². The maximum atomic E-state index is 12.8. The molecule has 1 atom stereocenters. The fourth-order valence-corrected chi connectivity index (χ4v) is 7.51. The van der Waals surface area contributed by atoms with Crippen molar-refractivity contribution in [2.45, 2.75) is 264 Å². The summed E-state index contributed by atoms with van der Waals surface area (Å²) in [5, 5.41) is 0. The second kappa shape index (κ2) is 54.2. The van der Waals surface area contributed by atoms with Gasteiger partial charge in [-0.15, -0.1) is 0 Å². The average Bonchev–Trinajstić information content (AvgIpc) is 3.31. The van der Waals surface area contributed by atoms with E-state index in [0.29, 0.717) is 19.3 Å². The summed E-state index contributed by atoms with van der Waals surface area (Å²) >= 11 is 0. The SMILES string of the molecule is CC/C=C\C/C=C\C/C=C\C/C=C\C/C=C\CCCCCCCCCCCCCC(=O)OCC(COC(=O)CCCCCCCCCC)OC(=O)CCCCCCC/C=C\C/C=C\CCC. The first-order valence-electron chi connectivity index (χ1n) is 27.6. The lowest BCUT2D eigenvalue weighted by Gasteiger charge is -2.18. The van der Waals surface area contributed by atoms with Gasteiger partial charge >= 0.3 is 17.9 Å². The normalized spacial score (nSPS) is 12.7. The minimum atomic E-state index is -0.781. The molecular weight excluding hydrogens is 817 g/mol. The molecular formula is C60H102O6. The van der Waals surface area contributed by atoms with Gasteiger partial charge in [-0.3, -0.25) is 14.4 Å². The average molecular weight is 919 g/mol. The molecule has 6 nitrogen and oxygen atoms in total. The quantitative estimate of drug-likeness (QED) is 0.0262. The molecule has 0 radical (unpaired) electrons. The van der Waals surface area contributed by atoms with Gasteiger partial charge in [0, 0.05) is 19.3 Å². The highest BCUT2D eigenvalue weighted by atomic mass is 16.6. The van der Waals surface area contributed by atoms with Crippen molar-refractivity contribution in [1.29, 1.82) is 0 Å². The third kappa shape index (κ3) is 51.6. The van der Waals surface area contributed by atoms with E-state index in [0.717, 1.165) is 122 Å². The molecule has 0 bridgehead atoms. The summed E-state index contributed by atoms with van der Waals surface area (Å²) in [6.45, 7) is 6.42. The van der Waals surface area contributed by atoms with Crippen LogP contribution in [-0.2, 0) is 28.6 Å². The molecule has 0 amide bonds. The van der Waals surface area contributed by atoms with Crippen molar-refractivity contribution < 1.29 is 28.6 Å². The molecule has 0 spiro atoms. The Kier molecular flexibility index (Phi) is 51.4. The van der Waals surface area contributed by atoms with Crippen molar-refractivity contribution in [1.82, 2.24) is 0 Å². The zero-order valence-corrected chi connectivity index (χ0v) is 43.2. The second-order valence-corrected chi connectivity index (χ2v) is 18.1. The fourth-order valence-electron chi connectivity index (χ4n) is 7.51. The van der Waals surface area contributed by atoms with E-state index in [9.17, 15) is 14.4 Å². The van der Waals surface area contributed by atoms with Gasteiger partial charge in [0.15, 0.2) is 6.10 Å². The van der Waals surface area contributed by atoms with Crippen LogP contribution >= 0.6 is 0 Å². The van der Waals surface area contributed by atoms with Crippen LogP contribution in [0, 0.1) is 0 Å².